The van der Waals surface area contributed by atoms with Crippen molar-refractivity contribution in [2.24, 2.45) is 0 Å². The third-order valence-electron chi connectivity index (χ3n) is 4.47. The van der Waals surface area contributed by atoms with Crippen molar-refractivity contribution >= 4 is 11.9 Å². The Morgan fingerprint density at radius 1 is 0.769 bits per heavy atom. The van der Waals surface area contributed by atoms with E-state index in [1.165, 1.54) is 0 Å². The highest BCUT2D eigenvalue weighted by atomic mass is 16.5. The molecule has 0 atom stereocenters. The van der Waals surface area contributed by atoms with Gasteiger partial charge in [0.15, 0.2) is 0 Å². The highest BCUT2D eigenvalue weighted by Crippen LogP contribution is 2.40. The second-order valence-corrected chi connectivity index (χ2v) is 6.10. The first-order valence-corrected chi connectivity index (χ1v) is 9.04. The molecule has 0 aliphatic carbocycles. The van der Waals surface area contributed by atoms with Gasteiger partial charge in [-0.25, -0.2) is 0 Å². The van der Waals surface area contributed by atoms with E-state index in [9.17, 15) is 9.59 Å². The molecule has 0 saturated carbocycles. The fourth-order valence-electron chi connectivity index (χ4n) is 3.27. The van der Waals surface area contributed by atoms with Crippen molar-refractivity contribution in [1.82, 2.24) is 0 Å². The first kappa shape index (κ1) is 19.7. The molecule has 2 aromatic carbocycles. The molecule has 4 heteroatoms. The van der Waals surface area contributed by atoms with Crippen LogP contribution in [-0.2, 0) is 24.5 Å². The first-order valence-electron chi connectivity index (χ1n) is 9.04. The average molecular weight is 354 g/mol. The molecular formula is C22H26O4. The van der Waals surface area contributed by atoms with Gasteiger partial charge < -0.3 is 9.47 Å². The van der Waals surface area contributed by atoms with Crippen LogP contribution < -0.4 is 0 Å². The zero-order valence-electron chi connectivity index (χ0n) is 15.4. The molecule has 0 saturated heterocycles. The van der Waals surface area contributed by atoms with E-state index < -0.39 is 5.41 Å². The number of carbonyl (C=O) groups is 2. The second kappa shape index (κ2) is 9.76. The summed E-state index contributed by atoms with van der Waals surface area (Å²) in [7, 11) is 0. The van der Waals surface area contributed by atoms with E-state index in [0.717, 1.165) is 11.1 Å². The summed E-state index contributed by atoms with van der Waals surface area (Å²) in [6, 6.07) is 19.7. The minimum absolute atomic E-state index is 0.175. The number of rotatable bonds is 9. The number of hydrogen-bond acceptors (Lipinski definition) is 4. The molecule has 0 spiro atoms. The maximum atomic E-state index is 12.4. The molecule has 0 heterocycles. The summed E-state index contributed by atoms with van der Waals surface area (Å²) < 4.78 is 10.3. The van der Waals surface area contributed by atoms with E-state index >= 15 is 0 Å². The number of carbonyl (C=O) groups excluding carboxylic acids is 2. The number of benzene rings is 2. The van der Waals surface area contributed by atoms with E-state index in [1.54, 1.807) is 13.8 Å². The maximum absolute atomic E-state index is 12.4. The third kappa shape index (κ3) is 4.94. The van der Waals surface area contributed by atoms with Crippen LogP contribution in [0.3, 0.4) is 0 Å². The van der Waals surface area contributed by atoms with Gasteiger partial charge in [-0.05, 0) is 31.4 Å². The van der Waals surface area contributed by atoms with E-state index in [-0.39, 0.29) is 24.8 Å². The normalized spacial score (nSPS) is 11.0. The lowest BCUT2D eigenvalue weighted by atomic mass is 9.69. The quantitative estimate of drug-likeness (QED) is 0.631. The van der Waals surface area contributed by atoms with Crippen LogP contribution in [0.5, 0.6) is 0 Å². The molecule has 0 amide bonds. The van der Waals surface area contributed by atoms with E-state index in [2.05, 4.69) is 0 Å². The van der Waals surface area contributed by atoms with Crippen LogP contribution in [-0.4, -0.2) is 25.2 Å². The van der Waals surface area contributed by atoms with Crippen molar-refractivity contribution in [3.05, 3.63) is 71.8 Å². The first-order chi connectivity index (χ1) is 12.6. The van der Waals surface area contributed by atoms with Gasteiger partial charge in [0.05, 0.1) is 19.6 Å². The lowest BCUT2D eigenvalue weighted by molar-refractivity contribution is -0.146. The molecule has 2 rings (SSSR count). The van der Waals surface area contributed by atoms with Crippen molar-refractivity contribution in [2.75, 3.05) is 13.2 Å². The van der Waals surface area contributed by atoms with Crippen LogP contribution in [0.15, 0.2) is 60.7 Å². The lowest BCUT2D eigenvalue weighted by Crippen LogP contribution is -2.32. The molecule has 0 aliphatic heterocycles. The zero-order valence-corrected chi connectivity index (χ0v) is 15.4. The smallest absolute Gasteiger partial charge is 0.307 e. The summed E-state index contributed by atoms with van der Waals surface area (Å²) in [5, 5.41) is 0. The zero-order chi connectivity index (χ0) is 18.8. The molecule has 0 bridgehead atoms. The monoisotopic (exact) mass is 354 g/mol. The van der Waals surface area contributed by atoms with Crippen LogP contribution in [0, 0.1) is 0 Å². The molecule has 0 N–H and O–H groups in total. The Balaban J connectivity index is 2.47. The largest absolute Gasteiger partial charge is 0.466 e. The molecule has 26 heavy (non-hydrogen) atoms. The molecule has 0 fully saturated rings. The fourth-order valence-corrected chi connectivity index (χ4v) is 3.27. The van der Waals surface area contributed by atoms with Crippen molar-refractivity contribution < 1.29 is 19.1 Å². The molecule has 2 aromatic rings. The van der Waals surface area contributed by atoms with Gasteiger partial charge in [0.2, 0.25) is 0 Å². The van der Waals surface area contributed by atoms with Crippen LogP contribution >= 0.6 is 0 Å². The van der Waals surface area contributed by atoms with Gasteiger partial charge >= 0.3 is 11.9 Å². The topological polar surface area (TPSA) is 52.6 Å². The van der Waals surface area contributed by atoms with Gasteiger partial charge in [-0.2, -0.15) is 0 Å². The average Bonchev–Trinajstić information content (AvgIpc) is 2.67. The molecular weight excluding hydrogens is 328 g/mol. The molecule has 0 aliphatic rings. The van der Waals surface area contributed by atoms with Crippen molar-refractivity contribution in [1.29, 1.82) is 0 Å². The molecule has 0 radical (unpaired) electrons. The van der Waals surface area contributed by atoms with E-state index in [4.69, 9.17) is 9.47 Å². The Labute approximate surface area is 155 Å². The molecule has 0 unspecified atom stereocenters. The van der Waals surface area contributed by atoms with Crippen LogP contribution in [0.25, 0.3) is 0 Å². The molecule has 138 valence electrons. The lowest BCUT2D eigenvalue weighted by Gasteiger charge is -2.34. The summed E-state index contributed by atoms with van der Waals surface area (Å²) in [6.45, 7) is 4.26. The van der Waals surface area contributed by atoms with Crippen LogP contribution in [0.1, 0.15) is 44.2 Å². The van der Waals surface area contributed by atoms with Crippen molar-refractivity contribution in [3.63, 3.8) is 0 Å². The molecule has 0 aromatic heterocycles. The van der Waals surface area contributed by atoms with E-state index in [0.29, 0.717) is 19.6 Å². The van der Waals surface area contributed by atoms with Crippen molar-refractivity contribution in [2.45, 2.75) is 38.5 Å². The van der Waals surface area contributed by atoms with Gasteiger partial charge in [-0.3, -0.25) is 9.59 Å². The van der Waals surface area contributed by atoms with Gasteiger partial charge in [-0.15, -0.1) is 0 Å². The third-order valence-corrected chi connectivity index (χ3v) is 4.47. The fraction of sp³-hybridized carbons (Fsp3) is 0.364. The summed E-state index contributed by atoms with van der Waals surface area (Å²) >= 11 is 0. The summed E-state index contributed by atoms with van der Waals surface area (Å²) in [6.07, 6.45) is 0.879. The Bertz CT molecular complexity index is 655. The Hall–Kier alpha value is -2.62. The standard InChI is InChI=1S/C22H26O4/c1-3-25-20(23)15-16-22(17-21(24)26-4-2,18-11-7-5-8-12-18)19-13-9-6-10-14-19/h5-14H,3-4,15-17H2,1-2H3. The predicted octanol–water partition coefficient (Wildman–Crippen LogP) is 4.27. The van der Waals surface area contributed by atoms with Gasteiger partial charge in [0, 0.05) is 11.8 Å². The molecule has 4 nitrogen and oxygen atoms in total. The Morgan fingerprint density at radius 2 is 1.23 bits per heavy atom. The van der Waals surface area contributed by atoms with Crippen molar-refractivity contribution in [3.8, 4) is 0 Å². The maximum Gasteiger partial charge on any atom is 0.307 e. The summed E-state index contributed by atoms with van der Waals surface area (Å²) in [5.74, 6) is -0.531. The Morgan fingerprint density at radius 3 is 1.69 bits per heavy atom. The second-order valence-electron chi connectivity index (χ2n) is 6.10. The Kier molecular flexibility index (Phi) is 7.39. The highest BCUT2D eigenvalue weighted by molar-refractivity contribution is 5.74. The predicted molar refractivity (Wildman–Crippen MR) is 101 cm³/mol. The number of ether oxygens (including phenoxy) is 2. The highest BCUT2D eigenvalue weighted by Gasteiger charge is 2.37. The summed E-state index contributed by atoms with van der Waals surface area (Å²) in [4.78, 5) is 24.5. The van der Waals surface area contributed by atoms with Crippen LogP contribution in [0.2, 0.25) is 0 Å². The van der Waals surface area contributed by atoms with Gasteiger partial charge in [-0.1, -0.05) is 60.7 Å². The summed E-state index contributed by atoms with van der Waals surface area (Å²) in [5.41, 5.74) is 1.34. The minimum atomic E-state index is -0.637. The van der Waals surface area contributed by atoms with Gasteiger partial charge in [0.25, 0.3) is 0 Å². The number of esters is 2. The minimum Gasteiger partial charge on any atom is -0.466 e. The number of hydrogen-bond donors (Lipinski definition) is 0. The van der Waals surface area contributed by atoms with Crippen LogP contribution in [0.4, 0.5) is 0 Å². The van der Waals surface area contributed by atoms with Gasteiger partial charge in [0.1, 0.15) is 0 Å². The SMILES string of the molecule is CCOC(=O)CCC(CC(=O)OCC)(c1ccccc1)c1ccccc1. The van der Waals surface area contributed by atoms with E-state index in [1.807, 2.05) is 60.7 Å².